The van der Waals surface area contributed by atoms with E-state index < -0.39 is 0 Å². The molecule has 325 valence electrons. The van der Waals surface area contributed by atoms with E-state index in [0.29, 0.717) is 17.8 Å². The number of nitrogens with zero attached hydrogens (tertiary/aromatic N) is 4. The molecule has 4 aromatic heterocycles. The van der Waals surface area contributed by atoms with Gasteiger partial charge in [0.25, 0.3) is 0 Å². The zero-order valence-corrected chi connectivity index (χ0v) is 38.4. The molecule has 4 heterocycles. The van der Waals surface area contributed by atoms with Crippen molar-refractivity contribution >= 4 is 43.9 Å². The minimum Gasteiger partial charge on any atom is -0.456 e. The van der Waals surface area contributed by atoms with Crippen molar-refractivity contribution in [3.8, 4) is 34.2 Å². The van der Waals surface area contributed by atoms with E-state index in [9.17, 15) is 0 Å². The molecule has 0 spiro atoms. The van der Waals surface area contributed by atoms with Gasteiger partial charge in [0, 0.05) is 88.8 Å². The van der Waals surface area contributed by atoms with Gasteiger partial charge >= 0.3 is 0 Å². The fourth-order valence-corrected chi connectivity index (χ4v) is 8.78. The van der Waals surface area contributed by atoms with E-state index in [1.807, 2.05) is 48.8 Å². The Morgan fingerprint density at radius 2 is 0.937 bits per heavy atom. The molecule has 0 aliphatic rings. The van der Waals surface area contributed by atoms with E-state index in [4.69, 9.17) is 13.8 Å². The molecule has 63 heavy (non-hydrogen) atoms. The molecular weight excluding hydrogens is 953 g/mol. The molecule has 6 aromatic carbocycles. The maximum Gasteiger partial charge on any atom is 0.144 e. The van der Waals surface area contributed by atoms with Crippen LogP contribution in [0.5, 0.6) is 0 Å². The molecule has 6 nitrogen and oxygen atoms in total. The standard InChI is InChI=1S/C27H26N2O.C27H25N2O.2CH4.Ir/c2*1-17(2)21-16-22-20-12-8-9-13-23(20)30-26(22)24(18(3)4)25(21)29-15-14-28-27(29)19-10-6-5-7-11-19;;;/h5-18H,1-4H3;5-10,12-18H,1-4H3;2*1H4;/q;-1;;;. The second-order valence-electron chi connectivity index (χ2n) is 16.9. The molecule has 0 bridgehead atoms. The van der Waals surface area contributed by atoms with Gasteiger partial charge < -0.3 is 13.4 Å². The van der Waals surface area contributed by atoms with Crippen LogP contribution in [-0.2, 0) is 20.1 Å². The minimum atomic E-state index is 0. The monoisotopic (exact) mass is 1010 g/mol. The van der Waals surface area contributed by atoms with Gasteiger partial charge in [-0.2, -0.15) is 0 Å². The first-order valence-electron chi connectivity index (χ1n) is 21.2. The van der Waals surface area contributed by atoms with Crippen molar-refractivity contribution in [3.05, 3.63) is 168 Å². The molecule has 7 heteroatoms. The van der Waals surface area contributed by atoms with Crippen molar-refractivity contribution in [3.63, 3.8) is 0 Å². The maximum absolute atomic E-state index is 6.43. The number of hydrogen-bond acceptors (Lipinski definition) is 4. The van der Waals surface area contributed by atoms with Crippen molar-refractivity contribution in [1.82, 2.24) is 19.1 Å². The van der Waals surface area contributed by atoms with Crippen LogP contribution in [0.1, 0.15) is 116 Å². The van der Waals surface area contributed by atoms with Gasteiger partial charge in [0.15, 0.2) is 0 Å². The zero-order valence-electron chi connectivity index (χ0n) is 36.0. The maximum atomic E-state index is 6.43. The Kier molecular flexibility index (Phi) is 14.1. The summed E-state index contributed by atoms with van der Waals surface area (Å²) in [7, 11) is 0. The number of furan rings is 2. The Morgan fingerprint density at radius 3 is 1.40 bits per heavy atom. The van der Waals surface area contributed by atoms with Gasteiger partial charge in [-0.1, -0.05) is 137 Å². The number of imidazole rings is 2. The molecule has 0 atom stereocenters. The van der Waals surface area contributed by atoms with Gasteiger partial charge in [0.05, 0.1) is 11.5 Å². The molecule has 10 aromatic rings. The second kappa shape index (κ2) is 19.2. The van der Waals surface area contributed by atoms with Crippen LogP contribution in [0.15, 0.2) is 149 Å². The summed E-state index contributed by atoms with van der Waals surface area (Å²) in [5.74, 6) is 3.15. The average molecular weight is 1010 g/mol. The van der Waals surface area contributed by atoms with Crippen molar-refractivity contribution in [1.29, 1.82) is 0 Å². The average Bonchev–Trinajstić information content (AvgIpc) is 4.08. The second-order valence-corrected chi connectivity index (χ2v) is 16.9. The van der Waals surface area contributed by atoms with Gasteiger partial charge in [-0.05, 0) is 59.1 Å². The number of benzene rings is 6. The fraction of sp³-hybridized carbons (Fsp3) is 0.250. The summed E-state index contributed by atoms with van der Waals surface area (Å²) in [5, 5.41) is 4.74. The normalized spacial score (nSPS) is 11.4. The van der Waals surface area contributed by atoms with Crippen LogP contribution in [0, 0.1) is 6.07 Å². The van der Waals surface area contributed by atoms with Crippen LogP contribution < -0.4 is 0 Å². The molecule has 0 fully saturated rings. The molecule has 0 amide bonds. The van der Waals surface area contributed by atoms with Gasteiger partial charge in [-0.15, -0.1) is 35.9 Å². The van der Waals surface area contributed by atoms with Crippen LogP contribution in [0.25, 0.3) is 78.0 Å². The fourth-order valence-electron chi connectivity index (χ4n) is 8.78. The Balaban J connectivity index is 0.000000200. The van der Waals surface area contributed by atoms with Crippen molar-refractivity contribution < 1.29 is 28.9 Å². The first kappa shape index (κ1) is 46.5. The third-order valence-corrected chi connectivity index (χ3v) is 11.6. The number of hydrogen-bond donors (Lipinski definition) is 0. The first-order valence-corrected chi connectivity index (χ1v) is 21.2. The Hall–Kier alpha value is -6.01. The Morgan fingerprint density at radius 1 is 0.492 bits per heavy atom. The van der Waals surface area contributed by atoms with Gasteiger partial charge in [0.1, 0.15) is 28.2 Å². The van der Waals surface area contributed by atoms with Gasteiger partial charge in [0.2, 0.25) is 0 Å². The van der Waals surface area contributed by atoms with Gasteiger partial charge in [-0.25, -0.2) is 4.98 Å². The molecule has 1 radical (unpaired) electrons. The third kappa shape index (κ3) is 8.33. The molecule has 0 N–H and O–H groups in total. The SMILES string of the molecule is C.C.CC(C)c1cc2c(oc3ccccc32)c(C(C)C)c1-n1ccnc1-c1[c-]cccc1.CC(C)c1cc2c(oc3ccccc32)c(C(C)C)c1-n1ccnc1-c1ccccc1.[Ir]. The van der Waals surface area contributed by atoms with Crippen molar-refractivity contribution in [2.75, 3.05) is 0 Å². The summed E-state index contributed by atoms with van der Waals surface area (Å²) < 4.78 is 17.3. The van der Waals surface area contributed by atoms with E-state index in [1.54, 1.807) is 0 Å². The zero-order chi connectivity index (χ0) is 41.7. The minimum absolute atomic E-state index is 0. The summed E-state index contributed by atoms with van der Waals surface area (Å²) in [5.41, 5.74) is 13.4. The smallest absolute Gasteiger partial charge is 0.144 e. The van der Waals surface area contributed by atoms with Crippen molar-refractivity contribution in [2.24, 2.45) is 0 Å². The summed E-state index contributed by atoms with van der Waals surface area (Å²) in [6, 6.07) is 43.0. The summed E-state index contributed by atoms with van der Waals surface area (Å²) in [6.45, 7) is 18.0. The van der Waals surface area contributed by atoms with Crippen LogP contribution >= 0.6 is 0 Å². The van der Waals surface area contributed by atoms with E-state index in [1.165, 1.54) is 55.2 Å². The molecule has 0 saturated carbocycles. The summed E-state index contributed by atoms with van der Waals surface area (Å²) in [4.78, 5) is 9.41. The number of aromatic nitrogens is 4. The van der Waals surface area contributed by atoms with Gasteiger partial charge in [-0.3, -0.25) is 9.55 Å². The summed E-state index contributed by atoms with van der Waals surface area (Å²) in [6.07, 6.45) is 7.88. The van der Waals surface area contributed by atoms with E-state index in [0.717, 1.165) is 45.1 Å². The Labute approximate surface area is 386 Å². The van der Waals surface area contributed by atoms with E-state index in [2.05, 4.69) is 167 Å². The van der Waals surface area contributed by atoms with E-state index in [-0.39, 0.29) is 40.9 Å². The van der Waals surface area contributed by atoms with Crippen LogP contribution in [0.3, 0.4) is 0 Å². The van der Waals surface area contributed by atoms with Crippen LogP contribution in [0.4, 0.5) is 0 Å². The first-order chi connectivity index (χ1) is 29.1. The van der Waals surface area contributed by atoms with Crippen LogP contribution in [-0.4, -0.2) is 19.1 Å². The Bertz CT molecular complexity index is 2900. The molecule has 0 aliphatic heterocycles. The predicted molar refractivity (Wildman–Crippen MR) is 261 cm³/mol. The van der Waals surface area contributed by atoms with Crippen LogP contribution in [0.2, 0.25) is 0 Å². The molecule has 0 aliphatic carbocycles. The number of para-hydroxylation sites is 2. The predicted octanol–water partition coefficient (Wildman–Crippen LogP) is 16.4. The quantitative estimate of drug-likeness (QED) is 0.142. The number of fused-ring (bicyclic) bond motifs is 6. The third-order valence-electron chi connectivity index (χ3n) is 11.6. The van der Waals surface area contributed by atoms with Crippen molar-refractivity contribution in [2.45, 2.75) is 93.9 Å². The summed E-state index contributed by atoms with van der Waals surface area (Å²) >= 11 is 0. The molecule has 10 rings (SSSR count). The number of rotatable bonds is 8. The molecule has 0 unspecified atom stereocenters. The molecular formula is C56H59IrN4O2-. The topological polar surface area (TPSA) is 61.9 Å². The largest absolute Gasteiger partial charge is 0.456 e. The van der Waals surface area contributed by atoms with E-state index >= 15 is 0 Å². The molecule has 0 saturated heterocycles.